The number of aromatic nitrogens is 1. The fourth-order valence-corrected chi connectivity index (χ4v) is 2.70. The van der Waals surface area contributed by atoms with Crippen LogP contribution in [0.1, 0.15) is 25.5 Å². The highest BCUT2D eigenvalue weighted by Crippen LogP contribution is 2.19. The van der Waals surface area contributed by atoms with Gasteiger partial charge in [-0.25, -0.2) is 4.99 Å². The minimum Gasteiger partial charge on any atom is -0.357 e. The maximum atomic E-state index is 5.41. The Kier molecular flexibility index (Phi) is 8.24. The summed E-state index contributed by atoms with van der Waals surface area (Å²) < 4.78 is 5.41. The predicted octanol–water partition coefficient (Wildman–Crippen LogP) is 3.54. The highest BCUT2D eigenvalue weighted by atomic mass is 32.2. The van der Waals surface area contributed by atoms with Gasteiger partial charge in [-0.2, -0.15) is 11.8 Å². The topological polar surface area (TPSA) is 62.5 Å². The molecule has 24 heavy (non-hydrogen) atoms. The van der Waals surface area contributed by atoms with Crippen molar-refractivity contribution >= 4 is 17.7 Å². The summed E-state index contributed by atoms with van der Waals surface area (Å²) in [7, 11) is 0. The first-order valence-electron chi connectivity index (χ1n) is 8.35. The molecule has 1 aromatic heterocycles. The van der Waals surface area contributed by atoms with Crippen LogP contribution < -0.4 is 10.6 Å². The molecule has 1 aromatic carbocycles. The van der Waals surface area contributed by atoms with E-state index < -0.39 is 0 Å². The molecule has 0 spiro atoms. The fraction of sp³-hybridized carbons (Fsp3) is 0.444. The minimum atomic E-state index is 0.497. The van der Waals surface area contributed by atoms with E-state index in [1.165, 1.54) is 12.2 Å². The number of guanidine groups is 1. The molecule has 0 fully saturated rings. The molecular weight excluding hydrogens is 320 g/mol. The highest BCUT2D eigenvalue weighted by Gasteiger charge is 2.06. The number of nitrogens with zero attached hydrogens (tertiary/aromatic N) is 2. The summed E-state index contributed by atoms with van der Waals surface area (Å²) >= 11 is 1.89. The van der Waals surface area contributed by atoms with Gasteiger partial charge in [0.05, 0.1) is 6.54 Å². The molecule has 130 valence electrons. The van der Waals surface area contributed by atoms with Crippen molar-refractivity contribution in [3.8, 4) is 11.3 Å². The zero-order valence-electron chi connectivity index (χ0n) is 14.4. The molecule has 0 aliphatic heterocycles. The lowest BCUT2D eigenvalue weighted by Crippen LogP contribution is -2.37. The molecule has 0 aliphatic carbocycles. The van der Waals surface area contributed by atoms with Crippen molar-refractivity contribution < 1.29 is 4.52 Å². The van der Waals surface area contributed by atoms with Crippen molar-refractivity contribution in [1.29, 1.82) is 0 Å². The predicted molar refractivity (Wildman–Crippen MR) is 102 cm³/mol. The second-order valence-corrected chi connectivity index (χ2v) is 6.36. The molecule has 5 nitrogen and oxygen atoms in total. The Balaban J connectivity index is 1.87. The Hall–Kier alpha value is -1.95. The van der Waals surface area contributed by atoms with Crippen molar-refractivity contribution in [2.24, 2.45) is 4.99 Å². The van der Waals surface area contributed by atoms with Gasteiger partial charge in [0.2, 0.25) is 0 Å². The molecule has 0 radical (unpaired) electrons. The molecule has 2 aromatic rings. The smallest absolute Gasteiger partial charge is 0.191 e. The number of benzene rings is 1. The first-order chi connectivity index (χ1) is 11.8. The van der Waals surface area contributed by atoms with E-state index in [9.17, 15) is 0 Å². The van der Waals surface area contributed by atoms with Gasteiger partial charge in [0.1, 0.15) is 5.69 Å². The zero-order chi connectivity index (χ0) is 17.0. The van der Waals surface area contributed by atoms with E-state index in [1.807, 2.05) is 48.2 Å². The van der Waals surface area contributed by atoms with Crippen LogP contribution in [-0.4, -0.2) is 36.2 Å². The quantitative estimate of drug-likeness (QED) is 0.413. The van der Waals surface area contributed by atoms with E-state index in [2.05, 4.69) is 34.0 Å². The average Bonchev–Trinajstić information content (AvgIpc) is 3.09. The first-order valence-corrected chi connectivity index (χ1v) is 9.75. The number of hydrogen-bond acceptors (Lipinski definition) is 4. The Morgan fingerprint density at radius 2 is 2.04 bits per heavy atom. The molecule has 2 N–H and O–H groups in total. The summed E-state index contributed by atoms with van der Waals surface area (Å²) in [4.78, 5) is 4.58. The molecule has 6 heteroatoms. The van der Waals surface area contributed by atoms with Gasteiger partial charge < -0.3 is 15.2 Å². The molecule has 0 bridgehead atoms. The van der Waals surface area contributed by atoms with Crippen molar-refractivity contribution in [2.45, 2.75) is 26.3 Å². The molecule has 0 aliphatic rings. The van der Waals surface area contributed by atoms with Crippen LogP contribution in [0.15, 0.2) is 45.9 Å². The Bertz CT molecular complexity index is 612. The van der Waals surface area contributed by atoms with Gasteiger partial charge in [-0.1, -0.05) is 35.5 Å². The van der Waals surface area contributed by atoms with E-state index >= 15 is 0 Å². The van der Waals surface area contributed by atoms with Gasteiger partial charge in [-0.3, -0.25) is 0 Å². The molecule has 2 rings (SSSR count). The summed E-state index contributed by atoms with van der Waals surface area (Å²) in [6.07, 6.45) is 4.51. The maximum absolute atomic E-state index is 5.41. The third-order valence-corrected chi connectivity index (χ3v) is 4.13. The number of thioether (sulfide) groups is 1. The molecule has 0 atom stereocenters. The largest absolute Gasteiger partial charge is 0.357 e. The highest BCUT2D eigenvalue weighted by molar-refractivity contribution is 7.98. The fourth-order valence-electron chi connectivity index (χ4n) is 2.20. The van der Waals surface area contributed by atoms with E-state index in [1.54, 1.807) is 0 Å². The number of rotatable bonds is 9. The molecule has 0 unspecified atom stereocenters. The van der Waals surface area contributed by atoms with Crippen molar-refractivity contribution in [1.82, 2.24) is 15.8 Å². The number of hydrogen-bond donors (Lipinski definition) is 2. The Morgan fingerprint density at radius 3 is 2.79 bits per heavy atom. The number of unbranched alkanes of at least 4 members (excludes halogenated alkanes) is 1. The monoisotopic (exact) mass is 346 g/mol. The van der Waals surface area contributed by atoms with Crippen LogP contribution in [0.5, 0.6) is 0 Å². The van der Waals surface area contributed by atoms with Crippen molar-refractivity contribution in [3.63, 3.8) is 0 Å². The molecule has 1 heterocycles. The average molecular weight is 347 g/mol. The van der Waals surface area contributed by atoms with Crippen LogP contribution in [0.4, 0.5) is 0 Å². The maximum Gasteiger partial charge on any atom is 0.191 e. The van der Waals surface area contributed by atoms with E-state index in [0.717, 1.165) is 42.5 Å². The van der Waals surface area contributed by atoms with E-state index in [4.69, 9.17) is 4.52 Å². The summed E-state index contributed by atoms with van der Waals surface area (Å²) in [5.74, 6) is 2.80. The minimum absolute atomic E-state index is 0.497. The molecule has 0 amide bonds. The second kappa shape index (κ2) is 10.8. The van der Waals surface area contributed by atoms with Gasteiger partial charge in [-0.15, -0.1) is 0 Å². The third kappa shape index (κ3) is 6.28. The second-order valence-electron chi connectivity index (χ2n) is 5.37. The third-order valence-electron chi connectivity index (χ3n) is 3.43. The molecular formula is C18H26N4OS. The van der Waals surface area contributed by atoms with Crippen molar-refractivity contribution in [2.75, 3.05) is 25.1 Å². The van der Waals surface area contributed by atoms with Crippen LogP contribution in [0.3, 0.4) is 0 Å². The molecule has 0 saturated heterocycles. The van der Waals surface area contributed by atoms with Gasteiger partial charge in [0.25, 0.3) is 0 Å². The van der Waals surface area contributed by atoms with Gasteiger partial charge in [0, 0.05) is 24.7 Å². The summed E-state index contributed by atoms with van der Waals surface area (Å²) in [6.45, 7) is 4.33. The number of aliphatic imine (C=N–C) groups is 1. The lowest BCUT2D eigenvalue weighted by Gasteiger charge is -2.10. The number of nitrogens with one attached hydrogen (secondary N) is 2. The standard InChI is InChI=1S/C18H26N4OS/c1-3-19-18(20-11-7-8-12-24-2)21-14-16-13-17(23-22-16)15-9-5-4-6-10-15/h4-6,9-10,13H,3,7-8,11-12,14H2,1-2H3,(H2,19,20,21). The molecule has 0 saturated carbocycles. The van der Waals surface area contributed by atoms with Crippen LogP contribution >= 0.6 is 11.8 Å². The van der Waals surface area contributed by atoms with Gasteiger partial charge in [0.15, 0.2) is 11.7 Å². The van der Waals surface area contributed by atoms with E-state index in [-0.39, 0.29) is 0 Å². The Morgan fingerprint density at radius 1 is 1.21 bits per heavy atom. The summed E-state index contributed by atoms with van der Waals surface area (Å²) in [5, 5.41) is 10.7. The van der Waals surface area contributed by atoms with Crippen LogP contribution in [0, 0.1) is 0 Å². The normalized spacial score (nSPS) is 11.5. The Labute approximate surface area is 148 Å². The van der Waals surface area contributed by atoms with Gasteiger partial charge in [-0.05, 0) is 31.8 Å². The lowest BCUT2D eigenvalue weighted by atomic mass is 10.2. The van der Waals surface area contributed by atoms with Crippen LogP contribution in [-0.2, 0) is 6.54 Å². The first kappa shape index (κ1) is 18.4. The van der Waals surface area contributed by atoms with Crippen LogP contribution in [0.2, 0.25) is 0 Å². The van der Waals surface area contributed by atoms with Crippen molar-refractivity contribution in [3.05, 3.63) is 42.1 Å². The van der Waals surface area contributed by atoms with Crippen LogP contribution in [0.25, 0.3) is 11.3 Å². The lowest BCUT2D eigenvalue weighted by molar-refractivity contribution is 0.424. The zero-order valence-corrected chi connectivity index (χ0v) is 15.2. The van der Waals surface area contributed by atoms with Gasteiger partial charge >= 0.3 is 0 Å². The SMILES string of the molecule is CCNC(=NCc1cc(-c2ccccc2)on1)NCCCCSC. The van der Waals surface area contributed by atoms with E-state index in [0.29, 0.717) is 6.54 Å². The summed E-state index contributed by atoms with van der Waals surface area (Å²) in [6, 6.07) is 11.9. The summed E-state index contributed by atoms with van der Waals surface area (Å²) in [5.41, 5.74) is 1.85.